The Morgan fingerprint density at radius 1 is 1.16 bits per heavy atom. The number of hydrogen-bond acceptors (Lipinski definition) is 3. The Morgan fingerprint density at radius 3 is 2.56 bits per heavy atom. The molecule has 25 heavy (non-hydrogen) atoms. The van der Waals surface area contributed by atoms with Gasteiger partial charge in [0.2, 0.25) is 10.0 Å². The molecule has 0 unspecified atom stereocenters. The average Bonchev–Trinajstić information content (AvgIpc) is 2.60. The third kappa shape index (κ3) is 3.57. The lowest BCUT2D eigenvalue weighted by molar-refractivity contribution is 0.0390. The highest BCUT2D eigenvalue weighted by molar-refractivity contribution is 7.89. The second-order valence-electron chi connectivity index (χ2n) is 7.18. The molecular weight excluding hydrogens is 360 g/mol. The van der Waals surface area contributed by atoms with Gasteiger partial charge in [0.1, 0.15) is 0 Å². The van der Waals surface area contributed by atoms with Crippen LogP contribution in [0, 0.1) is 5.92 Å². The molecule has 138 valence electrons. The van der Waals surface area contributed by atoms with Gasteiger partial charge in [-0.25, -0.2) is 12.7 Å². The Balaban J connectivity index is 1.94. The summed E-state index contributed by atoms with van der Waals surface area (Å²) >= 11 is 6.26. The van der Waals surface area contributed by atoms with Crippen molar-refractivity contribution in [2.24, 2.45) is 5.92 Å². The van der Waals surface area contributed by atoms with Crippen LogP contribution in [-0.2, 0) is 10.0 Å². The first-order valence-electron chi connectivity index (χ1n) is 8.85. The zero-order valence-electron chi connectivity index (χ0n) is 14.7. The fraction of sp³-hybridized carbons (Fsp3) is 0.611. The largest absolute Gasteiger partial charge is 0.335 e. The van der Waals surface area contributed by atoms with Crippen LogP contribution in [0.25, 0.3) is 0 Å². The van der Waals surface area contributed by atoms with Gasteiger partial charge in [-0.1, -0.05) is 24.4 Å². The van der Waals surface area contributed by atoms with Gasteiger partial charge in [0.15, 0.2) is 0 Å². The fourth-order valence-corrected chi connectivity index (χ4v) is 5.20. The summed E-state index contributed by atoms with van der Waals surface area (Å²) < 4.78 is 25.9. The third-order valence-electron chi connectivity index (χ3n) is 5.45. The lowest BCUT2D eigenvalue weighted by atomic mass is 9.78. The van der Waals surface area contributed by atoms with Crippen molar-refractivity contribution in [1.82, 2.24) is 9.21 Å². The number of rotatable bonds is 3. The number of benzene rings is 1. The van der Waals surface area contributed by atoms with Crippen molar-refractivity contribution in [2.45, 2.75) is 49.5 Å². The molecule has 5 nitrogen and oxygen atoms in total. The minimum atomic E-state index is -3.60. The number of carbonyl (C=O) groups is 1. The number of halogens is 1. The van der Waals surface area contributed by atoms with E-state index < -0.39 is 10.0 Å². The van der Waals surface area contributed by atoms with Crippen LogP contribution in [0.5, 0.6) is 0 Å². The van der Waals surface area contributed by atoms with E-state index in [1.165, 1.54) is 51.6 Å². The Hall–Kier alpha value is -1.11. The van der Waals surface area contributed by atoms with E-state index in [0.29, 0.717) is 10.9 Å². The summed E-state index contributed by atoms with van der Waals surface area (Å²) in [5, 5.41) is 0.306. The number of likely N-dealkylation sites (tertiary alicyclic amines) is 1. The standard InChI is InChI=1S/C18H25ClN2O3S/c1-20(2)25(23,24)14-9-10-16(19)15(12-14)18(22)21-11-5-7-13-6-3-4-8-17(13)21/h9-10,12-13,17H,3-8,11H2,1-2H3/t13-,17-/m0/s1. The Bertz CT molecular complexity index is 762. The summed E-state index contributed by atoms with van der Waals surface area (Å²) in [5.41, 5.74) is 0.288. The number of nitrogens with zero attached hydrogens (tertiary/aromatic N) is 2. The maximum Gasteiger partial charge on any atom is 0.255 e. The van der Waals surface area contributed by atoms with E-state index in [-0.39, 0.29) is 22.4 Å². The van der Waals surface area contributed by atoms with Gasteiger partial charge >= 0.3 is 0 Å². The molecule has 1 aromatic carbocycles. The first kappa shape index (κ1) is 18.7. The molecule has 1 saturated carbocycles. The Kier molecular flexibility index (Phi) is 5.42. The van der Waals surface area contributed by atoms with Crippen LogP contribution in [0.4, 0.5) is 0 Å². The summed E-state index contributed by atoms with van der Waals surface area (Å²) in [7, 11) is -0.650. The summed E-state index contributed by atoms with van der Waals surface area (Å²) in [6.07, 6.45) is 6.77. The van der Waals surface area contributed by atoms with Crippen LogP contribution in [0.2, 0.25) is 5.02 Å². The predicted molar refractivity (Wildman–Crippen MR) is 98.3 cm³/mol. The Labute approximate surface area is 155 Å². The van der Waals surface area contributed by atoms with Crippen molar-refractivity contribution < 1.29 is 13.2 Å². The molecule has 1 heterocycles. The van der Waals surface area contributed by atoms with E-state index in [0.717, 1.165) is 30.1 Å². The van der Waals surface area contributed by atoms with E-state index in [4.69, 9.17) is 11.6 Å². The number of amides is 1. The smallest absolute Gasteiger partial charge is 0.255 e. The molecule has 7 heteroatoms. The van der Waals surface area contributed by atoms with E-state index in [1.807, 2.05) is 4.90 Å². The molecule has 0 spiro atoms. The van der Waals surface area contributed by atoms with Crippen molar-refractivity contribution in [3.63, 3.8) is 0 Å². The molecule has 1 aliphatic carbocycles. The maximum atomic E-state index is 13.2. The number of piperidine rings is 1. The number of carbonyl (C=O) groups excluding carboxylic acids is 1. The third-order valence-corrected chi connectivity index (χ3v) is 7.59. The van der Waals surface area contributed by atoms with Gasteiger partial charge in [0, 0.05) is 26.7 Å². The first-order valence-corrected chi connectivity index (χ1v) is 10.7. The topological polar surface area (TPSA) is 57.7 Å². The van der Waals surface area contributed by atoms with Gasteiger partial charge < -0.3 is 4.90 Å². The molecule has 1 saturated heterocycles. The second kappa shape index (κ2) is 7.25. The zero-order valence-corrected chi connectivity index (χ0v) is 16.3. The van der Waals surface area contributed by atoms with Crippen molar-refractivity contribution in [2.75, 3.05) is 20.6 Å². The summed E-state index contributed by atoms with van der Waals surface area (Å²) in [5.74, 6) is 0.427. The van der Waals surface area contributed by atoms with Crippen molar-refractivity contribution >= 4 is 27.5 Å². The van der Waals surface area contributed by atoms with Crippen molar-refractivity contribution in [1.29, 1.82) is 0 Å². The van der Waals surface area contributed by atoms with Crippen molar-refractivity contribution in [3.05, 3.63) is 28.8 Å². The van der Waals surface area contributed by atoms with Crippen LogP contribution in [0.1, 0.15) is 48.9 Å². The van der Waals surface area contributed by atoms with Crippen LogP contribution in [0.15, 0.2) is 23.1 Å². The molecule has 2 aliphatic rings. The number of sulfonamides is 1. The van der Waals surface area contributed by atoms with Gasteiger partial charge in [-0.05, 0) is 49.8 Å². The van der Waals surface area contributed by atoms with Gasteiger partial charge in [-0.15, -0.1) is 0 Å². The zero-order chi connectivity index (χ0) is 18.2. The summed E-state index contributed by atoms with van der Waals surface area (Å²) in [4.78, 5) is 15.2. The molecule has 0 bridgehead atoms. The Morgan fingerprint density at radius 2 is 1.84 bits per heavy atom. The molecule has 0 radical (unpaired) electrons. The molecular formula is C18H25ClN2O3S. The quantitative estimate of drug-likeness (QED) is 0.802. The van der Waals surface area contributed by atoms with E-state index >= 15 is 0 Å². The monoisotopic (exact) mass is 384 g/mol. The lowest BCUT2D eigenvalue weighted by Crippen LogP contribution is -2.49. The lowest BCUT2D eigenvalue weighted by Gasteiger charge is -2.44. The number of hydrogen-bond donors (Lipinski definition) is 0. The van der Waals surface area contributed by atoms with Crippen LogP contribution in [0.3, 0.4) is 0 Å². The molecule has 0 N–H and O–H groups in total. The van der Waals surface area contributed by atoms with Crippen LogP contribution in [-0.4, -0.2) is 50.2 Å². The normalized spacial score (nSPS) is 24.2. The van der Waals surface area contributed by atoms with Gasteiger partial charge in [-0.3, -0.25) is 4.79 Å². The fourth-order valence-electron chi connectivity index (χ4n) is 4.07. The SMILES string of the molecule is CN(C)S(=O)(=O)c1ccc(Cl)c(C(=O)N2CCC[C@@H]3CCCC[C@@H]32)c1. The molecule has 3 rings (SSSR count). The molecule has 1 aromatic rings. The molecule has 0 aromatic heterocycles. The summed E-state index contributed by atoms with van der Waals surface area (Å²) in [6, 6.07) is 4.65. The minimum Gasteiger partial charge on any atom is -0.335 e. The van der Waals surface area contributed by atoms with Crippen LogP contribution < -0.4 is 0 Å². The predicted octanol–water partition coefficient (Wildman–Crippen LogP) is 3.39. The highest BCUT2D eigenvalue weighted by Crippen LogP contribution is 2.36. The summed E-state index contributed by atoms with van der Waals surface area (Å²) in [6.45, 7) is 0.723. The second-order valence-corrected chi connectivity index (χ2v) is 9.74. The molecule has 2 atom stereocenters. The molecule has 2 fully saturated rings. The minimum absolute atomic E-state index is 0.0995. The number of fused-ring (bicyclic) bond motifs is 1. The van der Waals surface area contributed by atoms with Crippen LogP contribution >= 0.6 is 11.6 Å². The van der Waals surface area contributed by atoms with Gasteiger partial charge in [0.05, 0.1) is 15.5 Å². The van der Waals surface area contributed by atoms with Gasteiger partial charge in [0.25, 0.3) is 5.91 Å². The highest BCUT2D eigenvalue weighted by atomic mass is 35.5. The van der Waals surface area contributed by atoms with E-state index in [9.17, 15) is 13.2 Å². The molecule has 1 amide bonds. The van der Waals surface area contributed by atoms with E-state index in [2.05, 4.69) is 0 Å². The van der Waals surface area contributed by atoms with E-state index in [1.54, 1.807) is 0 Å². The van der Waals surface area contributed by atoms with Crippen molar-refractivity contribution in [3.8, 4) is 0 Å². The van der Waals surface area contributed by atoms with Gasteiger partial charge in [-0.2, -0.15) is 0 Å². The maximum absolute atomic E-state index is 13.2. The molecule has 1 aliphatic heterocycles. The average molecular weight is 385 g/mol. The first-order chi connectivity index (χ1) is 11.8. The highest BCUT2D eigenvalue weighted by Gasteiger charge is 2.36.